The van der Waals surface area contributed by atoms with Gasteiger partial charge in [-0.05, 0) is 54.4 Å². The molecule has 0 aromatic heterocycles. The van der Waals surface area contributed by atoms with E-state index >= 15 is 0 Å². The van der Waals surface area contributed by atoms with Gasteiger partial charge in [-0.1, -0.05) is 37.3 Å². The number of sulfonamides is 1. The lowest BCUT2D eigenvalue weighted by atomic mass is 10.1. The maximum Gasteiger partial charge on any atom is 0.271 e. The van der Waals surface area contributed by atoms with Crippen LogP contribution in [0.5, 0.6) is 11.5 Å². The molecule has 184 valence electrons. The molecule has 0 atom stereocenters. The molecule has 1 amide bonds. The van der Waals surface area contributed by atoms with E-state index in [4.69, 9.17) is 9.47 Å². The summed E-state index contributed by atoms with van der Waals surface area (Å²) < 4.78 is 36.7. The number of carbonyl (C=O) groups excluding carboxylic acids is 1. The Morgan fingerprint density at radius 2 is 1.54 bits per heavy atom. The summed E-state index contributed by atoms with van der Waals surface area (Å²) in [7, 11) is -0.404. The van der Waals surface area contributed by atoms with Crippen molar-refractivity contribution >= 4 is 27.3 Å². The number of carbonyl (C=O) groups is 1. The zero-order chi connectivity index (χ0) is 25.4. The zero-order valence-corrected chi connectivity index (χ0v) is 21.0. The van der Waals surface area contributed by atoms with Crippen LogP contribution in [0.2, 0.25) is 0 Å². The predicted octanol–water partition coefficient (Wildman–Crippen LogP) is 4.21. The molecular formula is C26H29N3O5S. The fourth-order valence-corrected chi connectivity index (χ4v) is 4.36. The van der Waals surface area contributed by atoms with E-state index in [1.807, 2.05) is 43.3 Å². The predicted molar refractivity (Wildman–Crippen MR) is 138 cm³/mol. The van der Waals surface area contributed by atoms with E-state index in [1.54, 1.807) is 50.6 Å². The van der Waals surface area contributed by atoms with E-state index in [9.17, 15) is 13.2 Å². The highest BCUT2D eigenvalue weighted by Gasteiger charge is 2.18. The third kappa shape index (κ3) is 6.60. The highest BCUT2D eigenvalue weighted by molar-refractivity contribution is 7.92. The minimum Gasteiger partial charge on any atom is -0.493 e. The normalized spacial score (nSPS) is 11.6. The molecule has 35 heavy (non-hydrogen) atoms. The molecule has 0 saturated heterocycles. The van der Waals surface area contributed by atoms with E-state index in [0.717, 1.165) is 17.4 Å². The molecule has 3 aromatic rings. The largest absolute Gasteiger partial charge is 0.493 e. The second-order valence-electron chi connectivity index (χ2n) is 7.72. The second kappa shape index (κ2) is 11.5. The maximum atomic E-state index is 12.7. The van der Waals surface area contributed by atoms with Crippen LogP contribution in [0.1, 0.15) is 34.8 Å². The number of nitrogens with one attached hydrogen (secondary N) is 1. The topological polar surface area (TPSA) is 97.3 Å². The Morgan fingerprint density at radius 1 is 0.914 bits per heavy atom. The summed E-state index contributed by atoms with van der Waals surface area (Å²) in [6.45, 7) is 2.13. The first kappa shape index (κ1) is 25.8. The molecule has 0 spiro atoms. The lowest BCUT2D eigenvalue weighted by Gasteiger charge is -2.22. The Kier molecular flexibility index (Phi) is 8.48. The van der Waals surface area contributed by atoms with E-state index in [-0.39, 0.29) is 6.54 Å². The summed E-state index contributed by atoms with van der Waals surface area (Å²) in [5, 5.41) is 4.29. The summed E-state index contributed by atoms with van der Waals surface area (Å²) >= 11 is 0. The van der Waals surface area contributed by atoms with Gasteiger partial charge >= 0.3 is 0 Å². The molecule has 9 heteroatoms. The average Bonchev–Trinajstić information content (AvgIpc) is 2.87. The van der Waals surface area contributed by atoms with Gasteiger partial charge in [0.15, 0.2) is 11.5 Å². The minimum absolute atomic E-state index is 0.195. The van der Waals surface area contributed by atoms with Crippen LogP contribution in [0.25, 0.3) is 0 Å². The molecule has 0 saturated carbocycles. The molecule has 0 heterocycles. The number of hydrogen-bond donors (Lipinski definition) is 1. The molecule has 0 unspecified atom stereocenters. The van der Waals surface area contributed by atoms with Gasteiger partial charge in [0.25, 0.3) is 5.91 Å². The van der Waals surface area contributed by atoms with Gasteiger partial charge in [0.2, 0.25) is 10.0 Å². The molecule has 3 rings (SSSR count). The first-order valence-electron chi connectivity index (χ1n) is 11.0. The van der Waals surface area contributed by atoms with E-state index in [1.165, 1.54) is 4.31 Å². The number of amides is 1. The molecular weight excluding hydrogens is 466 g/mol. The third-order valence-electron chi connectivity index (χ3n) is 5.33. The van der Waals surface area contributed by atoms with Crippen molar-refractivity contribution in [2.24, 2.45) is 5.10 Å². The monoisotopic (exact) mass is 495 g/mol. The molecule has 3 aromatic carbocycles. The van der Waals surface area contributed by atoms with Gasteiger partial charge in [0.1, 0.15) is 0 Å². The van der Waals surface area contributed by atoms with Gasteiger partial charge in [0.05, 0.1) is 38.4 Å². The number of hydrogen-bond acceptors (Lipinski definition) is 6. The summed E-state index contributed by atoms with van der Waals surface area (Å²) in [5.41, 5.74) is 5.72. The van der Waals surface area contributed by atoms with E-state index in [2.05, 4.69) is 10.5 Å². The van der Waals surface area contributed by atoms with Crippen molar-refractivity contribution in [1.29, 1.82) is 0 Å². The first-order valence-corrected chi connectivity index (χ1v) is 12.8. The first-order chi connectivity index (χ1) is 16.8. The van der Waals surface area contributed by atoms with Crippen LogP contribution in [0.4, 0.5) is 5.69 Å². The Hall–Kier alpha value is -3.85. The molecule has 0 bridgehead atoms. The highest BCUT2D eigenvalue weighted by Crippen LogP contribution is 2.28. The van der Waals surface area contributed by atoms with E-state index in [0.29, 0.717) is 34.9 Å². The van der Waals surface area contributed by atoms with E-state index < -0.39 is 15.9 Å². The number of methoxy groups -OCH3 is 2. The van der Waals surface area contributed by atoms with Crippen LogP contribution in [0, 0.1) is 0 Å². The van der Waals surface area contributed by atoms with Crippen LogP contribution >= 0.6 is 0 Å². The number of ether oxygens (including phenoxy) is 2. The molecule has 0 fully saturated rings. The van der Waals surface area contributed by atoms with Gasteiger partial charge in [-0.25, -0.2) is 13.8 Å². The molecule has 0 aliphatic rings. The third-order valence-corrected chi connectivity index (χ3v) is 6.47. The fourth-order valence-electron chi connectivity index (χ4n) is 3.47. The van der Waals surface area contributed by atoms with Gasteiger partial charge in [0, 0.05) is 11.1 Å². The molecule has 0 aliphatic carbocycles. The maximum absolute atomic E-state index is 12.7. The lowest BCUT2D eigenvalue weighted by molar-refractivity contribution is 0.0955. The summed E-state index contributed by atoms with van der Waals surface area (Å²) in [6.07, 6.45) is 1.74. The standard InChI is InChI=1S/C26H29N3O5S/c1-5-23(21-13-16-24(33-2)25(17-21)34-3)27-28-26(30)20-11-14-22(15-12-20)29(35(4,31)32)18-19-9-7-6-8-10-19/h6-17H,5,18H2,1-4H3,(H,28,30)/b27-23-. The van der Waals surface area contributed by atoms with Crippen LogP contribution in [0.3, 0.4) is 0 Å². The fraction of sp³-hybridized carbons (Fsp3) is 0.231. The average molecular weight is 496 g/mol. The Labute approximate surface area is 206 Å². The highest BCUT2D eigenvalue weighted by atomic mass is 32.2. The summed E-state index contributed by atoms with van der Waals surface area (Å²) in [5.74, 6) is 0.766. The summed E-state index contributed by atoms with van der Waals surface area (Å²) in [6, 6.07) is 21.1. The number of hydrazone groups is 1. The second-order valence-corrected chi connectivity index (χ2v) is 9.63. The van der Waals surface area contributed by atoms with Crippen LogP contribution in [0.15, 0.2) is 77.9 Å². The van der Waals surface area contributed by atoms with Crippen LogP contribution in [-0.2, 0) is 16.6 Å². The molecule has 0 radical (unpaired) electrons. The van der Waals surface area contributed by atoms with Crippen molar-refractivity contribution in [3.8, 4) is 11.5 Å². The van der Waals surface area contributed by atoms with Crippen LogP contribution in [-0.4, -0.2) is 40.5 Å². The molecule has 0 aliphatic heterocycles. The van der Waals surface area contributed by atoms with Crippen molar-refractivity contribution in [3.63, 3.8) is 0 Å². The molecule has 8 nitrogen and oxygen atoms in total. The number of rotatable bonds is 10. The smallest absolute Gasteiger partial charge is 0.271 e. The zero-order valence-electron chi connectivity index (χ0n) is 20.2. The number of nitrogens with zero attached hydrogens (tertiary/aromatic N) is 2. The van der Waals surface area contributed by atoms with Crippen molar-refractivity contribution in [2.75, 3.05) is 24.8 Å². The quantitative estimate of drug-likeness (QED) is 0.336. The summed E-state index contributed by atoms with van der Waals surface area (Å²) in [4.78, 5) is 12.7. The van der Waals surface area contributed by atoms with Crippen molar-refractivity contribution < 1.29 is 22.7 Å². The van der Waals surface area contributed by atoms with Crippen molar-refractivity contribution in [1.82, 2.24) is 5.43 Å². The van der Waals surface area contributed by atoms with Crippen LogP contribution < -0.4 is 19.2 Å². The minimum atomic E-state index is -3.52. The Balaban J connectivity index is 1.77. The molecule has 1 N–H and O–H groups in total. The van der Waals surface area contributed by atoms with Gasteiger partial charge in [-0.2, -0.15) is 5.10 Å². The lowest BCUT2D eigenvalue weighted by Crippen LogP contribution is -2.29. The Bertz CT molecular complexity index is 1290. The number of benzene rings is 3. The van der Waals surface area contributed by atoms with Gasteiger partial charge < -0.3 is 9.47 Å². The Morgan fingerprint density at radius 3 is 2.11 bits per heavy atom. The van der Waals surface area contributed by atoms with Gasteiger partial charge in [-0.15, -0.1) is 0 Å². The van der Waals surface area contributed by atoms with Gasteiger partial charge in [-0.3, -0.25) is 9.10 Å². The van der Waals surface area contributed by atoms with Crippen molar-refractivity contribution in [2.45, 2.75) is 19.9 Å². The van der Waals surface area contributed by atoms with Crippen molar-refractivity contribution in [3.05, 3.63) is 89.5 Å². The SMILES string of the molecule is CC/C(=N/NC(=O)c1ccc(N(Cc2ccccc2)S(C)(=O)=O)cc1)c1ccc(OC)c(OC)c1. The number of anilines is 1.